The van der Waals surface area contributed by atoms with E-state index in [1.165, 1.54) is 23.7 Å². The van der Waals surface area contributed by atoms with Crippen LogP contribution in [-0.4, -0.2) is 44.1 Å². The molecule has 2 aliphatic rings. The van der Waals surface area contributed by atoms with Crippen LogP contribution in [0.1, 0.15) is 28.9 Å². The highest BCUT2D eigenvalue weighted by molar-refractivity contribution is 6.30. The number of carbonyl (C=O) groups is 1. The number of nitrogens with zero attached hydrogens (tertiary/aromatic N) is 5. The quantitative estimate of drug-likeness (QED) is 0.863. The number of hydrogen-bond acceptors (Lipinski definition) is 5. The van der Waals surface area contributed by atoms with Gasteiger partial charge in [0.05, 0.1) is 12.7 Å². The SMILES string of the molecule is O=C(O)c1cn(Cc2ccc(N3CC4(CC4)C3)nc2Cl)nn1. The van der Waals surface area contributed by atoms with Crippen molar-refractivity contribution in [1.29, 1.82) is 0 Å². The zero-order chi connectivity index (χ0) is 15.3. The molecule has 1 saturated carbocycles. The number of aromatic carboxylic acids is 1. The normalized spacial score (nSPS) is 18.3. The van der Waals surface area contributed by atoms with Crippen LogP contribution in [0.15, 0.2) is 18.3 Å². The van der Waals surface area contributed by atoms with Gasteiger partial charge in [0.2, 0.25) is 0 Å². The minimum atomic E-state index is -1.10. The summed E-state index contributed by atoms with van der Waals surface area (Å²) in [5, 5.41) is 16.6. The fourth-order valence-corrected chi connectivity index (χ4v) is 3.02. The van der Waals surface area contributed by atoms with Crippen LogP contribution in [0.3, 0.4) is 0 Å². The van der Waals surface area contributed by atoms with Gasteiger partial charge in [-0.2, -0.15) is 0 Å². The summed E-state index contributed by atoms with van der Waals surface area (Å²) >= 11 is 6.24. The van der Waals surface area contributed by atoms with E-state index in [1.54, 1.807) is 0 Å². The molecule has 4 rings (SSSR count). The Morgan fingerprint density at radius 2 is 2.14 bits per heavy atom. The summed E-state index contributed by atoms with van der Waals surface area (Å²) in [6, 6.07) is 3.86. The number of carboxylic acid groups (broad SMARTS) is 1. The van der Waals surface area contributed by atoms with E-state index in [4.69, 9.17) is 16.7 Å². The third-order valence-electron chi connectivity index (χ3n) is 4.34. The Hall–Kier alpha value is -2.15. The van der Waals surface area contributed by atoms with Crippen LogP contribution in [0, 0.1) is 5.41 Å². The summed E-state index contributed by atoms with van der Waals surface area (Å²) in [7, 11) is 0. The van der Waals surface area contributed by atoms with Crippen LogP contribution in [0.25, 0.3) is 0 Å². The zero-order valence-electron chi connectivity index (χ0n) is 11.7. The average molecular weight is 320 g/mol. The lowest BCUT2D eigenvalue weighted by atomic mass is 9.97. The van der Waals surface area contributed by atoms with E-state index in [1.807, 2.05) is 12.1 Å². The molecule has 1 aliphatic carbocycles. The van der Waals surface area contributed by atoms with E-state index in [2.05, 4.69) is 20.2 Å². The highest BCUT2D eigenvalue weighted by Gasteiger charge is 2.52. The molecule has 0 bridgehead atoms. The van der Waals surface area contributed by atoms with Crippen molar-refractivity contribution in [2.24, 2.45) is 5.41 Å². The molecular formula is C14H14ClN5O2. The van der Waals surface area contributed by atoms with Crippen molar-refractivity contribution in [2.75, 3.05) is 18.0 Å². The first-order valence-electron chi connectivity index (χ1n) is 7.09. The first kappa shape index (κ1) is 13.5. The number of pyridine rings is 1. The molecule has 2 aromatic heterocycles. The highest BCUT2D eigenvalue weighted by Crippen LogP contribution is 2.53. The third kappa shape index (κ3) is 2.31. The molecule has 7 nitrogen and oxygen atoms in total. The molecule has 1 aliphatic heterocycles. The summed E-state index contributed by atoms with van der Waals surface area (Å²) in [5.74, 6) is -0.200. The van der Waals surface area contributed by atoms with Crippen LogP contribution in [0.5, 0.6) is 0 Å². The van der Waals surface area contributed by atoms with E-state index in [9.17, 15) is 4.79 Å². The lowest BCUT2D eigenvalue weighted by Gasteiger charge is -2.41. The van der Waals surface area contributed by atoms with Gasteiger partial charge in [-0.05, 0) is 18.9 Å². The van der Waals surface area contributed by atoms with Gasteiger partial charge in [-0.1, -0.05) is 22.9 Å². The third-order valence-corrected chi connectivity index (χ3v) is 4.66. The van der Waals surface area contributed by atoms with Gasteiger partial charge in [-0.15, -0.1) is 5.10 Å². The number of carboxylic acids is 1. The first-order valence-corrected chi connectivity index (χ1v) is 7.46. The Kier molecular flexibility index (Phi) is 2.87. The maximum absolute atomic E-state index is 10.8. The van der Waals surface area contributed by atoms with Gasteiger partial charge < -0.3 is 10.0 Å². The molecule has 0 radical (unpaired) electrons. The molecule has 3 heterocycles. The average Bonchev–Trinajstić information content (AvgIpc) is 3.11. The minimum absolute atomic E-state index is 0.0870. The molecule has 0 unspecified atom stereocenters. The number of halogens is 1. The maximum Gasteiger partial charge on any atom is 0.358 e. The Morgan fingerprint density at radius 3 is 2.73 bits per heavy atom. The Labute approximate surface area is 131 Å². The second kappa shape index (κ2) is 4.67. The van der Waals surface area contributed by atoms with Crippen molar-refractivity contribution in [3.8, 4) is 0 Å². The molecule has 1 N–H and O–H groups in total. The smallest absolute Gasteiger partial charge is 0.358 e. The van der Waals surface area contributed by atoms with Crippen molar-refractivity contribution in [1.82, 2.24) is 20.0 Å². The fourth-order valence-electron chi connectivity index (χ4n) is 2.81. The highest BCUT2D eigenvalue weighted by atomic mass is 35.5. The lowest BCUT2D eigenvalue weighted by Crippen LogP contribution is -2.48. The summed E-state index contributed by atoms with van der Waals surface area (Å²) in [6.45, 7) is 2.48. The summed E-state index contributed by atoms with van der Waals surface area (Å²) < 4.78 is 1.44. The van der Waals surface area contributed by atoms with Crippen LogP contribution in [0.2, 0.25) is 5.15 Å². The van der Waals surface area contributed by atoms with E-state index in [-0.39, 0.29) is 5.69 Å². The molecule has 2 aromatic rings. The van der Waals surface area contributed by atoms with E-state index in [0.717, 1.165) is 24.5 Å². The van der Waals surface area contributed by atoms with Gasteiger partial charge in [0.15, 0.2) is 5.69 Å². The predicted octanol–water partition coefficient (Wildman–Crippen LogP) is 1.67. The van der Waals surface area contributed by atoms with Crippen LogP contribution in [0.4, 0.5) is 5.82 Å². The zero-order valence-corrected chi connectivity index (χ0v) is 12.5. The molecule has 2 fully saturated rings. The predicted molar refractivity (Wildman–Crippen MR) is 79.2 cm³/mol. The Bertz CT molecular complexity index is 747. The van der Waals surface area contributed by atoms with Gasteiger partial charge in [-0.3, -0.25) is 0 Å². The van der Waals surface area contributed by atoms with E-state index >= 15 is 0 Å². The van der Waals surface area contributed by atoms with Crippen molar-refractivity contribution >= 4 is 23.4 Å². The molecule has 1 spiro atoms. The minimum Gasteiger partial charge on any atom is -0.476 e. The van der Waals surface area contributed by atoms with Gasteiger partial charge in [0, 0.05) is 24.1 Å². The lowest BCUT2D eigenvalue weighted by molar-refractivity contribution is 0.0690. The molecule has 22 heavy (non-hydrogen) atoms. The number of anilines is 1. The van der Waals surface area contributed by atoms with E-state index in [0.29, 0.717) is 17.1 Å². The first-order chi connectivity index (χ1) is 10.5. The second-order valence-corrected chi connectivity index (χ2v) is 6.44. The van der Waals surface area contributed by atoms with Crippen molar-refractivity contribution in [2.45, 2.75) is 19.4 Å². The molecule has 0 aromatic carbocycles. The van der Waals surface area contributed by atoms with Gasteiger partial charge in [-0.25, -0.2) is 14.5 Å². The van der Waals surface area contributed by atoms with Crippen LogP contribution >= 0.6 is 11.6 Å². The second-order valence-electron chi connectivity index (χ2n) is 6.08. The largest absolute Gasteiger partial charge is 0.476 e. The molecule has 1 saturated heterocycles. The Morgan fingerprint density at radius 1 is 1.36 bits per heavy atom. The monoisotopic (exact) mass is 319 g/mol. The molecule has 0 amide bonds. The number of aromatic nitrogens is 4. The fraction of sp³-hybridized carbons (Fsp3) is 0.429. The molecule has 114 valence electrons. The maximum atomic E-state index is 10.8. The summed E-state index contributed by atoms with van der Waals surface area (Å²) in [6.07, 6.45) is 4.03. The van der Waals surface area contributed by atoms with Gasteiger partial charge >= 0.3 is 5.97 Å². The van der Waals surface area contributed by atoms with Crippen molar-refractivity contribution in [3.63, 3.8) is 0 Å². The van der Waals surface area contributed by atoms with E-state index < -0.39 is 5.97 Å². The summed E-state index contributed by atoms with van der Waals surface area (Å²) in [5.41, 5.74) is 1.27. The number of hydrogen-bond donors (Lipinski definition) is 1. The van der Waals surface area contributed by atoms with Gasteiger partial charge in [0.25, 0.3) is 0 Å². The molecule has 8 heteroatoms. The van der Waals surface area contributed by atoms with Crippen molar-refractivity contribution < 1.29 is 9.90 Å². The topological polar surface area (TPSA) is 84.1 Å². The number of rotatable bonds is 4. The summed E-state index contributed by atoms with van der Waals surface area (Å²) in [4.78, 5) is 17.5. The van der Waals surface area contributed by atoms with Gasteiger partial charge in [0.1, 0.15) is 11.0 Å². The molecule has 0 atom stereocenters. The van der Waals surface area contributed by atoms with Crippen LogP contribution in [-0.2, 0) is 6.54 Å². The Balaban J connectivity index is 1.48. The van der Waals surface area contributed by atoms with Crippen LogP contribution < -0.4 is 4.90 Å². The standard InChI is InChI=1S/C14H14ClN5O2/c15-12-9(5-20-6-10(13(21)22)17-18-20)1-2-11(16-12)19-7-14(8-19)3-4-14/h1-2,6H,3-5,7-8H2,(H,21,22). The molecular weight excluding hydrogens is 306 g/mol. The van der Waals surface area contributed by atoms with Crippen molar-refractivity contribution in [3.05, 3.63) is 34.7 Å².